The van der Waals surface area contributed by atoms with Crippen LogP contribution in [0, 0.1) is 34.6 Å². The van der Waals surface area contributed by atoms with Gasteiger partial charge in [-0.15, -0.1) is 0 Å². The highest BCUT2D eigenvalue weighted by molar-refractivity contribution is 14.1. The van der Waals surface area contributed by atoms with Crippen molar-refractivity contribution in [2.24, 2.45) is 0 Å². The molecule has 0 unspecified atom stereocenters. The van der Waals surface area contributed by atoms with Gasteiger partial charge in [0.15, 0.2) is 0 Å². The Balaban J connectivity index is 1.79. The van der Waals surface area contributed by atoms with Gasteiger partial charge in [0, 0.05) is 20.6 Å². The molecule has 0 fully saturated rings. The van der Waals surface area contributed by atoms with Crippen LogP contribution in [0.4, 0.5) is 4.39 Å². The average molecular weight is 482 g/mol. The zero-order chi connectivity index (χ0) is 19.8. The minimum Gasteiger partial charge on any atom is -0.337 e. The van der Waals surface area contributed by atoms with Gasteiger partial charge in [0.25, 0.3) is 0 Å². The van der Waals surface area contributed by atoms with Crippen LogP contribution in [0.3, 0.4) is 0 Å². The van der Waals surface area contributed by atoms with Gasteiger partial charge < -0.3 is 9.55 Å². The number of halogens is 2. The van der Waals surface area contributed by atoms with Gasteiger partial charge >= 0.3 is 0 Å². The summed E-state index contributed by atoms with van der Waals surface area (Å²) in [5, 5.41) is 9.68. The number of nitriles is 1. The van der Waals surface area contributed by atoms with Crippen LogP contribution in [0.25, 0.3) is 28.4 Å². The standard InChI is InChI=1S/C22H16FIN4/c1-13-9-15(14(2)28(13)19-6-4-18(24)5-7-19)10-16(12-25)22-26-20-8-3-17(23)11-21(20)27-22/h3-11H,1-2H3,(H,26,27)/b16-10+. The Morgan fingerprint density at radius 2 is 1.93 bits per heavy atom. The minimum absolute atomic E-state index is 0.341. The SMILES string of the molecule is Cc1cc(/C=C(\C#N)c2nc3ccc(F)cc3[nH]2)c(C)n1-c1ccc(I)cc1. The van der Waals surface area contributed by atoms with Crippen LogP contribution in [-0.4, -0.2) is 14.5 Å². The molecule has 4 nitrogen and oxygen atoms in total. The molecular weight excluding hydrogens is 466 g/mol. The predicted octanol–water partition coefficient (Wildman–Crippen LogP) is 5.78. The van der Waals surface area contributed by atoms with Crippen LogP contribution in [0.15, 0.2) is 48.5 Å². The zero-order valence-electron chi connectivity index (χ0n) is 15.3. The molecule has 2 heterocycles. The molecule has 6 heteroatoms. The van der Waals surface area contributed by atoms with Crippen LogP contribution < -0.4 is 0 Å². The maximum atomic E-state index is 13.4. The molecule has 0 aliphatic heterocycles. The van der Waals surface area contributed by atoms with E-state index in [0.29, 0.717) is 22.4 Å². The van der Waals surface area contributed by atoms with Gasteiger partial charge in [-0.1, -0.05) is 0 Å². The fourth-order valence-electron chi connectivity index (χ4n) is 3.34. The van der Waals surface area contributed by atoms with Crippen molar-refractivity contribution in [3.63, 3.8) is 0 Å². The quantitative estimate of drug-likeness (QED) is 0.298. The van der Waals surface area contributed by atoms with E-state index in [1.54, 1.807) is 6.07 Å². The van der Waals surface area contributed by atoms with Crippen LogP contribution in [0.5, 0.6) is 0 Å². The summed E-state index contributed by atoms with van der Waals surface area (Å²) < 4.78 is 16.8. The number of H-pyrrole nitrogens is 1. The molecule has 0 bridgehead atoms. The number of aryl methyl sites for hydroxylation is 1. The van der Waals surface area contributed by atoms with E-state index >= 15 is 0 Å². The van der Waals surface area contributed by atoms with E-state index in [4.69, 9.17) is 0 Å². The van der Waals surface area contributed by atoms with Crippen LogP contribution >= 0.6 is 22.6 Å². The average Bonchev–Trinajstić information content (AvgIpc) is 3.20. The molecule has 0 aliphatic rings. The fourth-order valence-corrected chi connectivity index (χ4v) is 3.70. The van der Waals surface area contributed by atoms with Gasteiger partial charge in [0.2, 0.25) is 0 Å². The Labute approximate surface area is 175 Å². The first-order valence-corrected chi connectivity index (χ1v) is 9.76. The van der Waals surface area contributed by atoms with E-state index in [0.717, 1.165) is 22.6 Å². The minimum atomic E-state index is -0.341. The first-order chi connectivity index (χ1) is 13.5. The highest BCUT2D eigenvalue weighted by atomic mass is 127. The summed E-state index contributed by atoms with van der Waals surface area (Å²) >= 11 is 2.28. The molecule has 0 saturated carbocycles. The molecule has 0 radical (unpaired) electrons. The van der Waals surface area contributed by atoms with Crippen LogP contribution in [0.2, 0.25) is 0 Å². The Morgan fingerprint density at radius 3 is 2.64 bits per heavy atom. The van der Waals surface area contributed by atoms with E-state index in [1.807, 2.05) is 26.0 Å². The molecule has 28 heavy (non-hydrogen) atoms. The first kappa shape index (κ1) is 18.4. The molecule has 2 aromatic carbocycles. The Kier molecular flexibility index (Phi) is 4.77. The maximum Gasteiger partial charge on any atom is 0.149 e. The number of nitrogens with one attached hydrogen (secondary N) is 1. The Morgan fingerprint density at radius 1 is 1.18 bits per heavy atom. The van der Waals surface area contributed by atoms with Crippen molar-refractivity contribution in [1.82, 2.24) is 14.5 Å². The molecule has 4 aromatic rings. The van der Waals surface area contributed by atoms with Crippen LogP contribution in [0.1, 0.15) is 22.8 Å². The Bertz CT molecular complexity index is 1260. The number of imidazole rings is 1. The number of hydrogen-bond acceptors (Lipinski definition) is 2. The lowest BCUT2D eigenvalue weighted by molar-refractivity contribution is 0.629. The van der Waals surface area contributed by atoms with Gasteiger partial charge in [0.1, 0.15) is 17.7 Å². The summed E-state index contributed by atoms with van der Waals surface area (Å²) in [4.78, 5) is 7.46. The topological polar surface area (TPSA) is 57.4 Å². The van der Waals surface area contributed by atoms with E-state index in [1.165, 1.54) is 15.7 Å². The normalized spacial score (nSPS) is 11.8. The highest BCUT2D eigenvalue weighted by Crippen LogP contribution is 2.26. The van der Waals surface area contributed by atoms with Crippen molar-refractivity contribution in [3.05, 3.63) is 80.7 Å². The van der Waals surface area contributed by atoms with Gasteiger partial charge in [-0.2, -0.15) is 5.26 Å². The van der Waals surface area contributed by atoms with Crippen molar-refractivity contribution in [2.75, 3.05) is 0 Å². The summed E-state index contributed by atoms with van der Waals surface area (Å²) in [6, 6.07) is 16.9. The van der Waals surface area contributed by atoms with E-state index in [9.17, 15) is 9.65 Å². The molecule has 0 aliphatic carbocycles. The first-order valence-electron chi connectivity index (χ1n) is 8.68. The number of allylic oxidation sites excluding steroid dienone is 1. The van der Waals surface area contributed by atoms with Crippen molar-refractivity contribution >= 4 is 45.3 Å². The lowest BCUT2D eigenvalue weighted by atomic mass is 10.1. The molecule has 4 rings (SSSR count). The number of fused-ring (bicyclic) bond motifs is 1. The van der Waals surface area contributed by atoms with Gasteiger partial charge in [-0.3, -0.25) is 0 Å². The third-order valence-corrected chi connectivity index (χ3v) is 5.39. The van der Waals surface area contributed by atoms with Crippen molar-refractivity contribution in [3.8, 4) is 11.8 Å². The van der Waals surface area contributed by atoms with Crippen LogP contribution in [-0.2, 0) is 0 Å². The molecule has 1 N–H and O–H groups in total. The van der Waals surface area contributed by atoms with Gasteiger partial charge in [-0.05, 0) is 96.6 Å². The third kappa shape index (κ3) is 3.34. The number of benzene rings is 2. The molecule has 2 aromatic heterocycles. The van der Waals surface area contributed by atoms with Crippen molar-refractivity contribution in [1.29, 1.82) is 5.26 Å². The summed E-state index contributed by atoms with van der Waals surface area (Å²) in [5.74, 6) is 0.0911. The van der Waals surface area contributed by atoms with Crippen molar-refractivity contribution in [2.45, 2.75) is 13.8 Å². The fraction of sp³-hybridized carbons (Fsp3) is 0.0909. The highest BCUT2D eigenvalue weighted by Gasteiger charge is 2.13. The van der Waals surface area contributed by atoms with Gasteiger partial charge in [0.05, 0.1) is 16.6 Å². The zero-order valence-corrected chi connectivity index (χ0v) is 17.5. The third-order valence-electron chi connectivity index (χ3n) is 4.67. The molecule has 0 saturated heterocycles. The summed E-state index contributed by atoms with van der Waals surface area (Å²) in [6.07, 6.45) is 1.82. The van der Waals surface area contributed by atoms with Crippen molar-refractivity contribution < 1.29 is 4.39 Å². The number of hydrogen-bond donors (Lipinski definition) is 1. The monoisotopic (exact) mass is 482 g/mol. The number of aromatic nitrogens is 3. The van der Waals surface area contributed by atoms with E-state index < -0.39 is 0 Å². The molecular formula is C22H16FIN4. The predicted molar refractivity (Wildman–Crippen MR) is 117 cm³/mol. The summed E-state index contributed by atoms with van der Waals surface area (Å²) in [7, 11) is 0. The summed E-state index contributed by atoms with van der Waals surface area (Å²) in [5.41, 5.74) is 5.73. The number of nitrogens with zero attached hydrogens (tertiary/aromatic N) is 3. The summed E-state index contributed by atoms with van der Waals surface area (Å²) in [6.45, 7) is 4.07. The Hall–Kier alpha value is -2.92. The van der Waals surface area contributed by atoms with Gasteiger partial charge in [-0.25, -0.2) is 9.37 Å². The molecule has 0 atom stereocenters. The number of aromatic amines is 1. The second kappa shape index (κ2) is 7.24. The molecule has 0 amide bonds. The van der Waals surface area contributed by atoms with E-state index in [-0.39, 0.29) is 5.82 Å². The second-order valence-corrected chi connectivity index (χ2v) is 7.80. The molecule has 0 spiro atoms. The van der Waals surface area contributed by atoms with E-state index in [2.05, 4.69) is 67.5 Å². The lowest BCUT2D eigenvalue weighted by Gasteiger charge is -2.09. The largest absolute Gasteiger partial charge is 0.337 e. The second-order valence-electron chi connectivity index (χ2n) is 6.55. The molecule has 138 valence electrons. The number of rotatable bonds is 3. The lowest BCUT2D eigenvalue weighted by Crippen LogP contribution is -1.99. The maximum absolute atomic E-state index is 13.4. The smallest absolute Gasteiger partial charge is 0.149 e.